The van der Waals surface area contributed by atoms with Crippen LogP contribution in [0.15, 0.2) is 53.1 Å². The molecule has 0 amide bonds. The smallest absolute Gasteiger partial charge is 0.231 e. The van der Waals surface area contributed by atoms with Crippen molar-refractivity contribution in [1.82, 2.24) is 15.5 Å². The van der Waals surface area contributed by atoms with E-state index in [4.69, 9.17) is 20.9 Å². The maximum Gasteiger partial charge on any atom is 0.231 e. The molecule has 0 bridgehead atoms. The van der Waals surface area contributed by atoms with E-state index in [1.807, 2.05) is 55.6 Å². The van der Waals surface area contributed by atoms with Gasteiger partial charge in [-0.2, -0.15) is 4.98 Å². The Morgan fingerprint density at radius 2 is 1.96 bits per heavy atom. The number of hydrogen-bond donors (Lipinski definition) is 1. The van der Waals surface area contributed by atoms with Crippen LogP contribution in [0.5, 0.6) is 5.75 Å². The Morgan fingerprint density at radius 3 is 2.77 bits per heavy atom. The van der Waals surface area contributed by atoms with Gasteiger partial charge < -0.3 is 14.6 Å². The first-order valence-corrected chi connectivity index (χ1v) is 8.95. The van der Waals surface area contributed by atoms with Crippen LogP contribution in [0.2, 0.25) is 5.02 Å². The Balaban J connectivity index is 1.60. The number of aromatic nitrogens is 2. The molecule has 1 unspecified atom stereocenters. The van der Waals surface area contributed by atoms with Gasteiger partial charge in [-0.15, -0.1) is 0 Å². The minimum absolute atomic E-state index is 0.309. The van der Waals surface area contributed by atoms with E-state index in [1.54, 1.807) is 0 Å². The number of rotatable bonds is 8. The Kier molecular flexibility index (Phi) is 6.26. The minimum Gasteiger partial charge on any atom is -0.489 e. The molecule has 0 aliphatic rings. The van der Waals surface area contributed by atoms with Gasteiger partial charge in [0.05, 0.1) is 6.42 Å². The van der Waals surface area contributed by atoms with Gasteiger partial charge in [-0.3, -0.25) is 0 Å². The summed E-state index contributed by atoms with van der Waals surface area (Å²) in [4.78, 5) is 4.45. The zero-order valence-electron chi connectivity index (χ0n) is 14.9. The average Bonchev–Trinajstić information content (AvgIpc) is 3.07. The van der Waals surface area contributed by atoms with Crippen molar-refractivity contribution in [2.45, 2.75) is 32.4 Å². The molecule has 3 rings (SSSR count). The summed E-state index contributed by atoms with van der Waals surface area (Å²) in [6.45, 7) is 2.55. The van der Waals surface area contributed by atoms with Crippen LogP contribution in [-0.4, -0.2) is 23.2 Å². The van der Waals surface area contributed by atoms with Crippen molar-refractivity contribution in [2.75, 3.05) is 7.05 Å². The van der Waals surface area contributed by atoms with Crippen LogP contribution in [0.4, 0.5) is 0 Å². The Bertz CT molecular complexity index is 850. The second-order valence-electron chi connectivity index (χ2n) is 6.24. The van der Waals surface area contributed by atoms with Crippen molar-refractivity contribution in [2.24, 2.45) is 0 Å². The molecule has 136 valence electrons. The van der Waals surface area contributed by atoms with Gasteiger partial charge in [-0.05, 0) is 49.4 Å². The van der Waals surface area contributed by atoms with E-state index >= 15 is 0 Å². The van der Waals surface area contributed by atoms with Gasteiger partial charge in [0.2, 0.25) is 5.89 Å². The fourth-order valence-electron chi connectivity index (χ4n) is 2.53. The van der Waals surface area contributed by atoms with Gasteiger partial charge in [0, 0.05) is 17.5 Å². The fraction of sp³-hybridized carbons (Fsp3) is 0.300. The van der Waals surface area contributed by atoms with Crippen LogP contribution in [-0.2, 0) is 19.4 Å². The highest BCUT2D eigenvalue weighted by Gasteiger charge is 2.10. The summed E-state index contributed by atoms with van der Waals surface area (Å²) < 4.78 is 11.2. The van der Waals surface area contributed by atoms with Crippen molar-refractivity contribution in [1.29, 1.82) is 0 Å². The van der Waals surface area contributed by atoms with Gasteiger partial charge in [0.25, 0.3) is 0 Å². The molecule has 5 nitrogen and oxygen atoms in total. The molecule has 1 N–H and O–H groups in total. The van der Waals surface area contributed by atoms with Crippen LogP contribution in [0.1, 0.15) is 29.8 Å². The number of likely N-dealkylation sites (N-methyl/N-ethyl adjacent to an activating group) is 1. The molecular weight excluding hydrogens is 350 g/mol. The number of halogens is 1. The molecule has 3 aromatic rings. The summed E-state index contributed by atoms with van der Waals surface area (Å²) in [7, 11) is 1.92. The summed E-state index contributed by atoms with van der Waals surface area (Å²) >= 11 is 6.00. The highest BCUT2D eigenvalue weighted by molar-refractivity contribution is 6.30. The van der Waals surface area contributed by atoms with E-state index in [0.29, 0.717) is 30.0 Å². The third kappa shape index (κ3) is 5.31. The quantitative estimate of drug-likeness (QED) is 0.647. The number of nitrogens with zero attached hydrogens (tertiary/aromatic N) is 2. The first-order chi connectivity index (χ1) is 12.6. The first-order valence-electron chi connectivity index (χ1n) is 8.57. The van der Waals surface area contributed by atoms with E-state index in [0.717, 1.165) is 29.1 Å². The number of nitrogens with one attached hydrogen (secondary N) is 1. The highest BCUT2D eigenvalue weighted by atomic mass is 35.5. The topological polar surface area (TPSA) is 60.2 Å². The van der Waals surface area contributed by atoms with Crippen molar-refractivity contribution in [3.05, 3.63) is 76.4 Å². The largest absolute Gasteiger partial charge is 0.489 e. The van der Waals surface area contributed by atoms with Crippen LogP contribution >= 0.6 is 11.6 Å². The molecule has 0 aliphatic carbocycles. The van der Waals surface area contributed by atoms with Gasteiger partial charge in [-0.1, -0.05) is 41.0 Å². The van der Waals surface area contributed by atoms with Crippen LogP contribution in [0.3, 0.4) is 0 Å². The van der Waals surface area contributed by atoms with E-state index in [2.05, 4.69) is 22.4 Å². The lowest BCUT2D eigenvalue weighted by molar-refractivity contribution is 0.306. The summed E-state index contributed by atoms with van der Waals surface area (Å²) in [5.74, 6) is 2.12. The normalized spacial score (nSPS) is 12.1. The molecule has 0 saturated carbocycles. The lowest BCUT2D eigenvalue weighted by atomic mass is 10.1. The van der Waals surface area contributed by atoms with Crippen molar-refractivity contribution < 1.29 is 9.26 Å². The van der Waals surface area contributed by atoms with Crippen molar-refractivity contribution in [3.8, 4) is 5.75 Å². The molecule has 0 saturated heterocycles. The lowest BCUT2D eigenvalue weighted by Gasteiger charge is -2.08. The van der Waals surface area contributed by atoms with Crippen molar-refractivity contribution in [3.63, 3.8) is 0 Å². The summed E-state index contributed by atoms with van der Waals surface area (Å²) in [6, 6.07) is 15.9. The predicted octanol–water partition coefficient (Wildman–Crippen LogP) is 4.04. The summed E-state index contributed by atoms with van der Waals surface area (Å²) in [6.07, 6.45) is 1.32. The monoisotopic (exact) mass is 371 g/mol. The minimum atomic E-state index is 0.309. The summed E-state index contributed by atoms with van der Waals surface area (Å²) in [5, 5.41) is 7.91. The lowest BCUT2D eigenvalue weighted by Crippen LogP contribution is -2.24. The molecule has 1 atom stereocenters. The Hall–Kier alpha value is -2.37. The van der Waals surface area contributed by atoms with Crippen molar-refractivity contribution >= 4 is 11.6 Å². The van der Waals surface area contributed by atoms with Gasteiger partial charge in [0.1, 0.15) is 12.4 Å². The molecule has 26 heavy (non-hydrogen) atoms. The third-order valence-electron chi connectivity index (χ3n) is 4.04. The Labute approximate surface area is 158 Å². The predicted molar refractivity (Wildman–Crippen MR) is 102 cm³/mol. The molecule has 1 aromatic heterocycles. The second kappa shape index (κ2) is 8.83. The second-order valence-corrected chi connectivity index (χ2v) is 6.68. The zero-order valence-corrected chi connectivity index (χ0v) is 15.7. The van der Waals surface area contributed by atoms with Gasteiger partial charge in [0.15, 0.2) is 5.82 Å². The molecule has 6 heteroatoms. The van der Waals surface area contributed by atoms with E-state index < -0.39 is 0 Å². The van der Waals surface area contributed by atoms with Gasteiger partial charge >= 0.3 is 0 Å². The van der Waals surface area contributed by atoms with Crippen LogP contribution in [0.25, 0.3) is 0 Å². The van der Waals surface area contributed by atoms with Gasteiger partial charge in [-0.25, -0.2) is 0 Å². The number of hydrogen-bond acceptors (Lipinski definition) is 5. The molecule has 0 fully saturated rings. The molecule has 0 spiro atoms. The van der Waals surface area contributed by atoms with Crippen LogP contribution < -0.4 is 10.1 Å². The zero-order chi connectivity index (χ0) is 18.4. The number of ether oxygens (including phenoxy) is 1. The number of benzene rings is 2. The molecule has 0 aliphatic heterocycles. The molecule has 2 aromatic carbocycles. The molecular formula is C20H22ClN3O2. The van der Waals surface area contributed by atoms with Crippen LogP contribution in [0, 0.1) is 0 Å². The molecule has 1 heterocycles. The van der Waals surface area contributed by atoms with E-state index in [1.165, 1.54) is 0 Å². The maximum atomic E-state index is 6.00. The Morgan fingerprint density at radius 1 is 1.15 bits per heavy atom. The SMILES string of the molecule is CNC(C)Cc1noc(Cc2cccc(OCc3cccc(Cl)c3)c2)n1. The highest BCUT2D eigenvalue weighted by Crippen LogP contribution is 2.18. The molecule has 0 radical (unpaired) electrons. The average molecular weight is 372 g/mol. The van der Waals surface area contributed by atoms with E-state index in [-0.39, 0.29) is 0 Å². The fourth-order valence-corrected chi connectivity index (χ4v) is 2.75. The third-order valence-corrected chi connectivity index (χ3v) is 4.28. The first kappa shape index (κ1) is 18.4. The summed E-state index contributed by atoms with van der Waals surface area (Å²) in [5.41, 5.74) is 2.09. The van der Waals surface area contributed by atoms with E-state index in [9.17, 15) is 0 Å². The standard InChI is InChI=1S/C20H22ClN3O2/c1-14(22-2)9-19-23-20(26-24-19)12-15-5-4-8-18(11-15)25-13-16-6-3-7-17(21)10-16/h3-8,10-11,14,22H,9,12-13H2,1-2H3. The maximum absolute atomic E-state index is 6.00.